The highest BCUT2D eigenvalue weighted by molar-refractivity contribution is 5.84. The minimum absolute atomic E-state index is 0.392. The number of unbranched alkanes of at least 4 members (excludes halogenated alkanes) is 15. The van der Waals surface area contributed by atoms with E-state index in [2.05, 4.69) is 36.1 Å². The van der Waals surface area contributed by atoms with E-state index in [-0.39, 0.29) is 0 Å². The van der Waals surface area contributed by atoms with Crippen molar-refractivity contribution in [3.63, 3.8) is 0 Å². The van der Waals surface area contributed by atoms with E-state index >= 15 is 0 Å². The van der Waals surface area contributed by atoms with Crippen LogP contribution in [0.15, 0.2) is 109 Å². The summed E-state index contributed by atoms with van der Waals surface area (Å²) in [6.45, 7) is 0. The molecule has 64 heavy (non-hydrogen) atoms. The monoisotopic (exact) mass is 898 g/mol. The molecule has 4 atom stereocenters. The molecule has 0 aliphatic rings. The van der Waals surface area contributed by atoms with Gasteiger partial charge in [-0.3, -0.25) is 0 Å². The average Bonchev–Trinajstić information content (AvgIpc) is 3.27. The maximum atomic E-state index is 14.1. The van der Waals surface area contributed by atoms with Gasteiger partial charge in [-0.1, -0.05) is 147 Å². The van der Waals surface area contributed by atoms with Crippen LogP contribution >= 0.6 is 0 Å². The van der Waals surface area contributed by atoms with E-state index < -0.39 is 58.8 Å². The van der Waals surface area contributed by atoms with Gasteiger partial charge in [-0.2, -0.15) is 26.3 Å². The summed E-state index contributed by atoms with van der Waals surface area (Å²) >= 11 is 0. The van der Waals surface area contributed by atoms with Crippen LogP contribution in [-0.4, -0.2) is 50.7 Å². The number of hydrogen-bond donors (Lipinski definition) is 0. The summed E-state index contributed by atoms with van der Waals surface area (Å²) in [4.78, 5) is 25.6. The van der Waals surface area contributed by atoms with Gasteiger partial charge < -0.3 is 18.9 Å². The lowest BCUT2D eigenvalue weighted by molar-refractivity contribution is -0.277. The Morgan fingerprint density at radius 1 is 0.484 bits per heavy atom. The van der Waals surface area contributed by atoms with Gasteiger partial charge >= 0.3 is 24.3 Å². The first kappa shape index (κ1) is 55.1. The largest absolute Gasteiger partial charge is 0.442 e. The average molecular weight is 899 g/mol. The molecule has 12 heteroatoms. The van der Waals surface area contributed by atoms with Crippen molar-refractivity contribution in [1.29, 1.82) is 0 Å². The highest BCUT2D eigenvalue weighted by Gasteiger charge is 2.65. The summed E-state index contributed by atoms with van der Waals surface area (Å²) in [5.41, 5.74) is -7.36. The molecule has 2 aromatic rings. The number of halogens is 6. The Kier molecular flexibility index (Phi) is 26.0. The number of carbonyl (C=O) groups excluding carboxylic acids is 2. The van der Waals surface area contributed by atoms with Gasteiger partial charge in [0.15, 0.2) is 12.2 Å². The zero-order valence-electron chi connectivity index (χ0n) is 37.1. The Hall–Kier alpha value is -5.04. The van der Waals surface area contributed by atoms with Crippen LogP contribution in [0, 0.1) is 24.7 Å². The van der Waals surface area contributed by atoms with Crippen molar-refractivity contribution in [3.05, 3.63) is 120 Å². The molecule has 0 N–H and O–H groups in total. The predicted octanol–water partition coefficient (Wildman–Crippen LogP) is 13.5. The Labute approximate surface area is 376 Å². The molecule has 0 unspecified atom stereocenters. The molecule has 0 spiro atoms. The molecule has 0 saturated carbocycles. The van der Waals surface area contributed by atoms with E-state index in [0.717, 1.165) is 128 Å². The van der Waals surface area contributed by atoms with Crippen LogP contribution in [0.3, 0.4) is 0 Å². The third-order valence-corrected chi connectivity index (χ3v) is 10.6. The minimum atomic E-state index is -5.07. The third-order valence-electron chi connectivity index (χ3n) is 10.6. The fourth-order valence-corrected chi connectivity index (χ4v) is 6.97. The molecule has 0 fully saturated rings. The second-order valence-electron chi connectivity index (χ2n) is 15.3. The maximum Gasteiger partial charge on any atom is 0.432 e. The minimum Gasteiger partial charge on any atom is -0.442 e. The normalized spacial score (nSPS) is 15.2. The molecule has 2 rings (SSSR count). The molecule has 0 saturated heterocycles. The molecule has 0 amide bonds. The molecular weight excluding hydrogens is 835 g/mol. The van der Waals surface area contributed by atoms with Gasteiger partial charge in [-0.25, -0.2) is 9.59 Å². The molecule has 0 radical (unpaired) electrons. The number of rotatable bonds is 31. The van der Waals surface area contributed by atoms with Crippen LogP contribution in [0.2, 0.25) is 0 Å². The SMILES string of the molecule is C#C[C@@H](/C=C/CCCCC/C=C\CCCC/C=C\CCCCCCCCC/C=C/[C@H](C#C)OC(=O)[C@@](OC)(c1ccccc1)C(F)(F)F)OC(=O)[C@@](OC)(c1ccccc1)C(F)(F)F. The Balaban J connectivity index is 1.47. The standard InChI is InChI=1S/C52H64F6O6/c1-5-45(63-47(59)49(61-3,51(53,54)55)43-37-31-29-32-38-43)41-35-27-25-23-21-19-17-15-13-11-9-7-8-10-12-14-16-18-20-22-24-26-28-36-42-46(6-2)64-48(60)50(62-4,52(56,57)58)44-39-33-30-34-40-44/h1-2,7,9,16,18,29-42,45-46H,8,10-15,17,19-28H2,3-4H3/b9-7-,18-16-,41-35+,42-36+/t45-,46-,49-,50-/m0/s1. The molecule has 0 bridgehead atoms. The van der Waals surface area contributed by atoms with Crippen molar-refractivity contribution >= 4 is 11.9 Å². The Morgan fingerprint density at radius 2 is 0.750 bits per heavy atom. The highest BCUT2D eigenvalue weighted by Crippen LogP contribution is 2.44. The number of benzene rings is 2. The quantitative estimate of drug-likeness (QED) is 0.0247. The topological polar surface area (TPSA) is 71.1 Å². The van der Waals surface area contributed by atoms with Gasteiger partial charge in [0.1, 0.15) is 0 Å². The molecule has 0 aromatic heterocycles. The molecule has 2 aromatic carbocycles. The van der Waals surface area contributed by atoms with E-state index in [1.807, 2.05) is 0 Å². The highest BCUT2D eigenvalue weighted by atomic mass is 19.4. The molecule has 0 aliphatic heterocycles. The Bertz CT molecular complexity index is 1820. The number of methoxy groups -OCH3 is 2. The van der Waals surface area contributed by atoms with Gasteiger partial charge in [0, 0.05) is 25.3 Å². The van der Waals surface area contributed by atoms with E-state index in [1.165, 1.54) is 61.4 Å². The lowest BCUT2D eigenvalue weighted by atomic mass is 9.92. The van der Waals surface area contributed by atoms with E-state index in [0.29, 0.717) is 12.8 Å². The van der Waals surface area contributed by atoms with Crippen LogP contribution in [0.5, 0.6) is 0 Å². The second kappa shape index (κ2) is 30.2. The second-order valence-corrected chi connectivity index (χ2v) is 15.3. The van der Waals surface area contributed by atoms with E-state index in [4.69, 9.17) is 31.8 Å². The number of hydrogen-bond acceptors (Lipinski definition) is 6. The number of ether oxygens (including phenoxy) is 4. The maximum absolute atomic E-state index is 14.1. The molecule has 0 heterocycles. The van der Waals surface area contributed by atoms with Crippen LogP contribution in [0.25, 0.3) is 0 Å². The van der Waals surface area contributed by atoms with Crippen molar-refractivity contribution in [3.8, 4) is 24.7 Å². The summed E-state index contributed by atoms with van der Waals surface area (Å²) in [5.74, 6) is 1.20. The first-order valence-electron chi connectivity index (χ1n) is 22.1. The van der Waals surface area contributed by atoms with Gasteiger partial charge in [-0.05, 0) is 89.2 Å². The first-order chi connectivity index (χ1) is 30.7. The number of carbonyl (C=O) groups is 2. The summed E-state index contributed by atoms with van der Waals surface area (Å²) in [6.07, 6.45) is 31.8. The van der Waals surface area contributed by atoms with Gasteiger partial charge in [0.05, 0.1) is 0 Å². The fourth-order valence-electron chi connectivity index (χ4n) is 6.97. The number of alkyl halides is 6. The predicted molar refractivity (Wildman–Crippen MR) is 239 cm³/mol. The fraction of sp³-hybridized carbons (Fsp3) is 0.500. The lowest BCUT2D eigenvalue weighted by Gasteiger charge is -2.32. The summed E-state index contributed by atoms with van der Waals surface area (Å²) in [7, 11) is 1.62. The van der Waals surface area contributed by atoms with Gasteiger partial charge in [0.2, 0.25) is 0 Å². The molecule has 0 aliphatic carbocycles. The Morgan fingerprint density at radius 3 is 1.03 bits per heavy atom. The number of esters is 2. The van der Waals surface area contributed by atoms with Crippen LogP contribution in [0.4, 0.5) is 26.3 Å². The van der Waals surface area contributed by atoms with Crippen molar-refractivity contribution in [1.82, 2.24) is 0 Å². The van der Waals surface area contributed by atoms with Crippen molar-refractivity contribution in [2.45, 2.75) is 151 Å². The van der Waals surface area contributed by atoms with Crippen molar-refractivity contribution in [2.24, 2.45) is 0 Å². The van der Waals surface area contributed by atoms with Crippen LogP contribution in [-0.2, 0) is 39.7 Å². The van der Waals surface area contributed by atoms with Crippen molar-refractivity contribution < 1.29 is 54.9 Å². The molecule has 6 nitrogen and oxygen atoms in total. The third kappa shape index (κ3) is 17.9. The van der Waals surface area contributed by atoms with Gasteiger partial charge in [0.25, 0.3) is 11.2 Å². The van der Waals surface area contributed by atoms with E-state index in [9.17, 15) is 35.9 Å². The molecule has 350 valence electrons. The smallest absolute Gasteiger partial charge is 0.432 e. The first-order valence-corrected chi connectivity index (χ1v) is 22.1. The summed E-state index contributed by atoms with van der Waals surface area (Å²) < 4.78 is 104. The van der Waals surface area contributed by atoms with Crippen LogP contribution < -0.4 is 0 Å². The van der Waals surface area contributed by atoms with E-state index in [1.54, 1.807) is 12.2 Å². The van der Waals surface area contributed by atoms with Crippen LogP contribution in [0.1, 0.15) is 127 Å². The zero-order valence-corrected chi connectivity index (χ0v) is 37.1. The number of allylic oxidation sites excluding steroid dienone is 6. The zero-order chi connectivity index (χ0) is 47.2. The summed E-state index contributed by atoms with van der Waals surface area (Å²) in [5, 5.41) is 0. The summed E-state index contributed by atoms with van der Waals surface area (Å²) in [6, 6.07) is 13.2. The van der Waals surface area contributed by atoms with Crippen molar-refractivity contribution in [2.75, 3.05) is 14.2 Å². The van der Waals surface area contributed by atoms with Gasteiger partial charge in [-0.15, -0.1) is 12.8 Å². The molecular formula is C52H64F6O6. The number of terminal acetylenes is 2. The lowest BCUT2D eigenvalue weighted by Crippen LogP contribution is -2.52.